The molecule has 0 saturated heterocycles. The maximum Gasteiger partial charge on any atom is 0.337 e. The fourth-order valence-electron chi connectivity index (χ4n) is 1.00. The second kappa shape index (κ2) is 6.70. The van der Waals surface area contributed by atoms with Crippen LogP contribution in [0, 0.1) is 0 Å². The number of aliphatic hydroxyl groups is 1. The molecule has 0 aromatic heterocycles. The first-order valence-corrected chi connectivity index (χ1v) is 6.57. The third-order valence-electron chi connectivity index (χ3n) is 2.43. The molecule has 17 heavy (non-hydrogen) atoms. The first-order chi connectivity index (χ1) is 7.72. The van der Waals surface area contributed by atoms with Crippen molar-refractivity contribution in [3.63, 3.8) is 0 Å². The lowest BCUT2D eigenvalue weighted by Gasteiger charge is -2.26. The number of carbonyl (C=O) groups is 2. The second-order valence-electron chi connectivity index (χ2n) is 4.15. The number of carboxylic acids is 1. The molecule has 0 aliphatic carbocycles. The molecule has 0 aromatic rings. The lowest BCUT2D eigenvalue weighted by atomic mass is 10.1. The standard InChI is InChI=1S/C10H20N2O4S/c1-7(5-17-4)12(3)9(15)11-6-10(2,16)8(13)14/h7,16H,5-6H2,1-4H3,(H,11,15)(H,13,14). The molecule has 3 N–H and O–H groups in total. The zero-order chi connectivity index (χ0) is 13.6. The van der Waals surface area contributed by atoms with E-state index < -0.39 is 17.6 Å². The van der Waals surface area contributed by atoms with E-state index in [4.69, 9.17) is 5.11 Å². The number of rotatable bonds is 6. The van der Waals surface area contributed by atoms with Crippen molar-refractivity contribution >= 4 is 23.8 Å². The van der Waals surface area contributed by atoms with E-state index in [1.54, 1.807) is 18.8 Å². The smallest absolute Gasteiger partial charge is 0.337 e. The minimum Gasteiger partial charge on any atom is -0.479 e. The van der Waals surface area contributed by atoms with E-state index >= 15 is 0 Å². The molecule has 0 aliphatic heterocycles. The molecule has 2 amide bonds. The van der Waals surface area contributed by atoms with Crippen LogP contribution in [0.3, 0.4) is 0 Å². The van der Waals surface area contributed by atoms with Gasteiger partial charge >= 0.3 is 12.0 Å². The molecule has 0 aliphatic rings. The van der Waals surface area contributed by atoms with Crippen LogP contribution >= 0.6 is 11.8 Å². The highest BCUT2D eigenvalue weighted by Crippen LogP contribution is 2.05. The van der Waals surface area contributed by atoms with Crippen molar-refractivity contribution in [2.24, 2.45) is 0 Å². The van der Waals surface area contributed by atoms with Gasteiger partial charge < -0.3 is 20.4 Å². The summed E-state index contributed by atoms with van der Waals surface area (Å²) in [6.45, 7) is 2.71. The topological polar surface area (TPSA) is 89.9 Å². The van der Waals surface area contributed by atoms with Gasteiger partial charge in [-0.2, -0.15) is 11.8 Å². The van der Waals surface area contributed by atoms with Crippen molar-refractivity contribution in [3.8, 4) is 0 Å². The van der Waals surface area contributed by atoms with Crippen molar-refractivity contribution in [1.82, 2.24) is 10.2 Å². The van der Waals surface area contributed by atoms with E-state index in [9.17, 15) is 14.7 Å². The zero-order valence-electron chi connectivity index (χ0n) is 10.6. The van der Waals surface area contributed by atoms with Crippen molar-refractivity contribution in [2.45, 2.75) is 25.5 Å². The van der Waals surface area contributed by atoms with Gasteiger partial charge in [0.25, 0.3) is 0 Å². The highest BCUT2D eigenvalue weighted by atomic mass is 32.2. The molecular formula is C10H20N2O4S. The highest BCUT2D eigenvalue weighted by Gasteiger charge is 2.30. The summed E-state index contributed by atoms with van der Waals surface area (Å²) in [6, 6.07) is -0.354. The van der Waals surface area contributed by atoms with Crippen LogP contribution in [0.15, 0.2) is 0 Å². The zero-order valence-corrected chi connectivity index (χ0v) is 11.4. The van der Waals surface area contributed by atoms with Crippen LogP contribution in [-0.4, -0.2) is 64.4 Å². The predicted octanol–water partition coefficient (Wildman–Crippen LogP) is 0.215. The minimum absolute atomic E-state index is 0.0415. The van der Waals surface area contributed by atoms with Gasteiger partial charge in [-0.25, -0.2) is 9.59 Å². The summed E-state index contributed by atoms with van der Waals surface area (Å²) in [5, 5.41) is 20.5. The van der Waals surface area contributed by atoms with Crippen LogP contribution in [0.25, 0.3) is 0 Å². The monoisotopic (exact) mass is 264 g/mol. The lowest BCUT2D eigenvalue weighted by Crippen LogP contribution is -2.51. The number of aliphatic carboxylic acids is 1. The summed E-state index contributed by atoms with van der Waals surface area (Å²) in [5.74, 6) is -0.572. The average Bonchev–Trinajstić information content (AvgIpc) is 2.25. The maximum absolute atomic E-state index is 11.6. The van der Waals surface area contributed by atoms with E-state index in [1.807, 2.05) is 13.2 Å². The lowest BCUT2D eigenvalue weighted by molar-refractivity contribution is -0.155. The van der Waals surface area contributed by atoms with Crippen molar-refractivity contribution < 1.29 is 19.8 Å². The van der Waals surface area contributed by atoms with Crippen molar-refractivity contribution in [2.75, 3.05) is 25.6 Å². The first kappa shape index (κ1) is 16.1. The van der Waals surface area contributed by atoms with Crippen LogP contribution in [-0.2, 0) is 4.79 Å². The molecule has 0 fully saturated rings. The fraction of sp³-hybridized carbons (Fsp3) is 0.800. The Morgan fingerprint density at radius 2 is 2.06 bits per heavy atom. The molecule has 0 saturated carbocycles. The summed E-state index contributed by atoms with van der Waals surface area (Å²) in [5.41, 5.74) is -1.95. The molecule has 0 aromatic carbocycles. The number of amides is 2. The predicted molar refractivity (Wildman–Crippen MR) is 67.3 cm³/mol. The summed E-state index contributed by atoms with van der Waals surface area (Å²) < 4.78 is 0. The molecule has 0 spiro atoms. The Balaban J connectivity index is 4.23. The van der Waals surface area contributed by atoms with E-state index in [0.717, 1.165) is 12.7 Å². The van der Waals surface area contributed by atoms with Gasteiger partial charge in [0, 0.05) is 18.8 Å². The Hall–Kier alpha value is -0.950. The Labute approximate surface area is 105 Å². The van der Waals surface area contributed by atoms with Crippen LogP contribution in [0.5, 0.6) is 0 Å². The number of hydrogen-bond acceptors (Lipinski definition) is 4. The summed E-state index contributed by atoms with van der Waals surface area (Å²) in [7, 11) is 1.63. The molecule has 2 atom stereocenters. The van der Waals surface area contributed by atoms with Crippen molar-refractivity contribution in [1.29, 1.82) is 0 Å². The number of hydrogen-bond donors (Lipinski definition) is 3. The fourth-order valence-corrected chi connectivity index (χ4v) is 1.71. The molecule has 6 nitrogen and oxygen atoms in total. The van der Waals surface area contributed by atoms with Gasteiger partial charge in [0.1, 0.15) is 0 Å². The molecule has 7 heteroatoms. The number of thioether (sulfide) groups is 1. The van der Waals surface area contributed by atoms with Crippen LogP contribution < -0.4 is 5.32 Å². The van der Waals surface area contributed by atoms with Crippen LogP contribution in [0.2, 0.25) is 0 Å². The molecule has 0 rings (SSSR count). The summed E-state index contributed by atoms with van der Waals surface area (Å²) >= 11 is 1.62. The number of nitrogens with zero attached hydrogens (tertiary/aromatic N) is 1. The second-order valence-corrected chi connectivity index (χ2v) is 5.06. The van der Waals surface area contributed by atoms with Crippen LogP contribution in [0.1, 0.15) is 13.8 Å². The maximum atomic E-state index is 11.6. The molecular weight excluding hydrogens is 244 g/mol. The van der Waals surface area contributed by atoms with Gasteiger partial charge in [0.2, 0.25) is 0 Å². The first-order valence-electron chi connectivity index (χ1n) is 5.17. The minimum atomic E-state index is -1.95. The molecule has 2 unspecified atom stereocenters. The molecule has 100 valence electrons. The number of nitrogens with one attached hydrogen (secondary N) is 1. The van der Waals surface area contributed by atoms with Crippen molar-refractivity contribution in [3.05, 3.63) is 0 Å². The van der Waals surface area contributed by atoms with Crippen LogP contribution in [0.4, 0.5) is 4.79 Å². The van der Waals surface area contributed by atoms with Gasteiger partial charge in [-0.05, 0) is 20.1 Å². The third kappa shape index (κ3) is 5.27. The molecule has 0 radical (unpaired) electrons. The quantitative estimate of drug-likeness (QED) is 0.638. The molecule has 0 heterocycles. The van der Waals surface area contributed by atoms with E-state index in [-0.39, 0.29) is 12.6 Å². The summed E-state index contributed by atoms with van der Waals surface area (Å²) in [6.07, 6.45) is 1.94. The van der Waals surface area contributed by atoms with E-state index in [0.29, 0.717) is 0 Å². The Bertz CT molecular complexity index is 283. The van der Waals surface area contributed by atoms with Gasteiger partial charge in [0.15, 0.2) is 5.60 Å². The normalized spacial score (nSPS) is 15.8. The van der Waals surface area contributed by atoms with Gasteiger partial charge in [0.05, 0.1) is 6.54 Å². The Morgan fingerprint density at radius 3 is 2.47 bits per heavy atom. The average molecular weight is 264 g/mol. The Morgan fingerprint density at radius 1 is 1.53 bits per heavy atom. The number of carbonyl (C=O) groups excluding carboxylic acids is 1. The van der Waals surface area contributed by atoms with Gasteiger partial charge in [-0.15, -0.1) is 0 Å². The molecule has 0 bridgehead atoms. The van der Waals surface area contributed by atoms with E-state index in [1.165, 1.54) is 4.90 Å². The number of urea groups is 1. The van der Waals surface area contributed by atoms with Gasteiger partial charge in [-0.1, -0.05) is 0 Å². The third-order valence-corrected chi connectivity index (χ3v) is 3.25. The Kier molecular flexibility index (Phi) is 6.33. The highest BCUT2D eigenvalue weighted by molar-refractivity contribution is 7.98. The summed E-state index contributed by atoms with van der Waals surface area (Å²) in [4.78, 5) is 23.7. The largest absolute Gasteiger partial charge is 0.479 e. The van der Waals surface area contributed by atoms with Gasteiger partial charge in [-0.3, -0.25) is 0 Å². The number of carboxylic acid groups (broad SMARTS) is 1. The SMILES string of the molecule is CSCC(C)N(C)C(=O)NCC(C)(O)C(=O)O. The van der Waals surface area contributed by atoms with E-state index in [2.05, 4.69) is 5.32 Å².